The smallest absolute Gasteiger partial charge is 0.362 e. The van der Waals surface area contributed by atoms with Crippen LogP contribution >= 0.6 is 11.3 Å². The number of hydrogen-bond acceptors (Lipinski definition) is 14. The van der Waals surface area contributed by atoms with Gasteiger partial charge in [0, 0.05) is 10.9 Å². The van der Waals surface area contributed by atoms with Crippen LogP contribution in [-0.4, -0.2) is 86.7 Å². The van der Waals surface area contributed by atoms with Crippen molar-refractivity contribution in [3.05, 3.63) is 23.2 Å². The second kappa shape index (κ2) is 9.47. The fraction of sp³-hybridized carbons (Fsp3) is 0.412. The van der Waals surface area contributed by atoms with E-state index in [1.165, 1.54) is 27.0 Å². The molecule has 15 nitrogen and oxygen atoms in total. The number of aromatic nitrogens is 4. The molecule has 1 fully saturated rings. The SMILES string of the molecule is Nc1nc(-c2ccsc2)nc2c1ncn2[C@@H]1O[C@H](COS(=O)(=O)NC(=O)[C@@H](N)CO)[C@@H](O)[C@H]1O. The van der Waals surface area contributed by atoms with Crippen molar-refractivity contribution in [1.29, 1.82) is 0 Å². The van der Waals surface area contributed by atoms with Gasteiger partial charge in [-0.05, 0) is 11.4 Å². The van der Waals surface area contributed by atoms with Crippen molar-refractivity contribution in [2.45, 2.75) is 30.6 Å². The monoisotopic (exact) mass is 515 g/mol. The first-order chi connectivity index (χ1) is 16.1. The Kier molecular flexibility index (Phi) is 6.78. The Balaban J connectivity index is 1.53. The molecular weight excluding hydrogens is 494 g/mol. The highest BCUT2D eigenvalue weighted by Gasteiger charge is 2.45. The average molecular weight is 516 g/mol. The lowest BCUT2D eigenvalue weighted by Crippen LogP contribution is -2.46. The number of rotatable bonds is 8. The van der Waals surface area contributed by atoms with E-state index in [2.05, 4.69) is 19.1 Å². The van der Waals surface area contributed by atoms with Gasteiger partial charge in [-0.3, -0.25) is 13.5 Å². The molecule has 0 aromatic carbocycles. The molecule has 0 bridgehead atoms. The topological polar surface area (TPSA) is 238 Å². The Morgan fingerprint density at radius 1 is 1.35 bits per heavy atom. The van der Waals surface area contributed by atoms with E-state index in [9.17, 15) is 23.4 Å². The van der Waals surface area contributed by atoms with Gasteiger partial charge < -0.3 is 31.5 Å². The van der Waals surface area contributed by atoms with Crippen molar-refractivity contribution >= 4 is 44.5 Å². The van der Waals surface area contributed by atoms with E-state index >= 15 is 0 Å². The minimum atomic E-state index is -4.63. The Morgan fingerprint density at radius 2 is 2.12 bits per heavy atom. The van der Waals surface area contributed by atoms with Gasteiger partial charge in [-0.25, -0.2) is 19.7 Å². The molecule has 3 aromatic heterocycles. The predicted molar refractivity (Wildman–Crippen MR) is 117 cm³/mol. The van der Waals surface area contributed by atoms with E-state index in [4.69, 9.17) is 21.3 Å². The van der Waals surface area contributed by atoms with Crippen molar-refractivity contribution in [2.75, 3.05) is 18.9 Å². The number of nitrogens with zero attached hydrogens (tertiary/aromatic N) is 4. The van der Waals surface area contributed by atoms with Crippen LogP contribution in [0.2, 0.25) is 0 Å². The number of aliphatic hydroxyl groups is 3. The normalized spacial score (nSPS) is 23.9. The Labute approximate surface area is 196 Å². The van der Waals surface area contributed by atoms with E-state index in [0.29, 0.717) is 5.82 Å². The molecular formula is C17H21N7O8S2. The zero-order valence-corrected chi connectivity index (χ0v) is 18.9. The molecule has 34 heavy (non-hydrogen) atoms. The molecule has 4 heterocycles. The van der Waals surface area contributed by atoms with Crippen LogP contribution in [0.1, 0.15) is 6.23 Å². The number of carbonyl (C=O) groups excluding carboxylic acids is 1. The fourth-order valence-electron chi connectivity index (χ4n) is 3.21. The van der Waals surface area contributed by atoms with Crippen LogP contribution in [-0.2, 0) is 24.0 Å². The first kappa shape index (κ1) is 24.4. The van der Waals surface area contributed by atoms with Crippen LogP contribution in [0.4, 0.5) is 5.82 Å². The summed E-state index contributed by atoms with van der Waals surface area (Å²) in [5, 5.41) is 33.4. The van der Waals surface area contributed by atoms with Crippen LogP contribution in [0.15, 0.2) is 23.2 Å². The zero-order chi connectivity index (χ0) is 24.6. The maximum atomic E-state index is 11.9. The molecule has 1 aliphatic rings. The zero-order valence-electron chi connectivity index (χ0n) is 17.3. The van der Waals surface area contributed by atoms with Crippen LogP contribution < -0.4 is 16.2 Å². The lowest BCUT2D eigenvalue weighted by atomic mass is 10.1. The van der Waals surface area contributed by atoms with Gasteiger partial charge in [0.05, 0.1) is 19.5 Å². The van der Waals surface area contributed by atoms with Crippen molar-refractivity contribution in [1.82, 2.24) is 24.2 Å². The minimum Gasteiger partial charge on any atom is -0.394 e. The second-order valence-electron chi connectivity index (χ2n) is 7.31. The molecule has 1 saturated heterocycles. The molecule has 1 amide bonds. The van der Waals surface area contributed by atoms with E-state index in [1.54, 1.807) is 6.07 Å². The molecule has 5 atom stereocenters. The molecule has 1 aliphatic heterocycles. The molecule has 0 aliphatic carbocycles. The highest BCUT2D eigenvalue weighted by atomic mass is 32.2. The summed E-state index contributed by atoms with van der Waals surface area (Å²) in [4.78, 5) is 24.4. The molecule has 0 radical (unpaired) electrons. The first-order valence-corrected chi connectivity index (χ1v) is 12.1. The predicted octanol–water partition coefficient (Wildman–Crippen LogP) is -2.55. The molecule has 17 heteroatoms. The summed E-state index contributed by atoms with van der Waals surface area (Å²) in [6.45, 7) is -1.52. The highest BCUT2D eigenvalue weighted by Crippen LogP contribution is 2.33. The van der Waals surface area contributed by atoms with E-state index in [-0.39, 0.29) is 17.0 Å². The van der Waals surface area contributed by atoms with Crippen molar-refractivity contribution in [2.24, 2.45) is 5.73 Å². The van der Waals surface area contributed by atoms with E-state index in [0.717, 1.165) is 5.56 Å². The van der Waals surface area contributed by atoms with Gasteiger partial charge in [-0.1, -0.05) is 0 Å². The van der Waals surface area contributed by atoms with Gasteiger partial charge in [0.1, 0.15) is 29.9 Å². The number of ether oxygens (including phenoxy) is 1. The summed E-state index contributed by atoms with van der Waals surface area (Å²) in [7, 11) is -4.63. The number of hydrogen-bond donors (Lipinski definition) is 6. The lowest BCUT2D eigenvalue weighted by molar-refractivity contribution is -0.121. The summed E-state index contributed by atoms with van der Waals surface area (Å²) in [6.07, 6.45) is -4.27. The lowest BCUT2D eigenvalue weighted by Gasteiger charge is -2.17. The third-order valence-electron chi connectivity index (χ3n) is 4.99. The largest absolute Gasteiger partial charge is 0.394 e. The summed E-state index contributed by atoms with van der Waals surface area (Å²) >= 11 is 1.44. The number of nitrogens with two attached hydrogens (primary N) is 2. The third kappa shape index (κ3) is 4.72. The van der Waals surface area contributed by atoms with Crippen LogP contribution in [0.3, 0.4) is 0 Å². The standard InChI is InChI=1S/C17H21N7O8S2/c18-8(3-25)16(28)23-34(29,30)31-4-9-11(26)12(27)17(32-9)24-6-20-10-13(19)21-14(22-15(10)24)7-1-2-33-5-7/h1-2,5-6,8-9,11-12,17,25-27H,3-4,18H2,(H,23,28)(H2,19,21,22)/t8-,9+,11+,12+,17+/m0/s1. The number of imidazole rings is 1. The maximum Gasteiger partial charge on any atom is 0.362 e. The number of nitrogens with one attached hydrogen (secondary N) is 1. The van der Waals surface area contributed by atoms with Gasteiger partial charge in [0.15, 0.2) is 23.5 Å². The summed E-state index contributed by atoms with van der Waals surface area (Å²) in [5.41, 5.74) is 12.4. The van der Waals surface area contributed by atoms with Crippen LogP contribution in [0, 0.1) is 0 Å². The van der Waals surface area contributed by atoms with Gasteiger partial charge >= 0.3 is 10.3 Å². The van der Waals surface area contributed by atoms with E-state index < -0.39 is 60.0 Å². The summed E-state index contributed by atoms with van der Waals surface area (Å²) < 4.78 is 37.1. The Bertz CT molecular complexity index is 1280. The third-order valence-corrected chi connectivity index (χ3v) is 6.57. The molecule has 184 valence electrons. The molecule has 8 N–H and O–H groups in total. The van der Waals surface area contributed by atoms with Crippen molar-refractivity contribution < 1.29 is 37.5 Å². The number of thiophene rings is 1. The number of aliphatic hydroxyl groups excluding tert-OH is 3. The molecule has 0 spiro atoms. The van der Waals surface area contributed by atoms with Crippen molar-refractivity contribution in [3.8, 4) is 11.4 Å². The number of nitrogen functional groups attached to an aromatic ring is 1. The second-order valence-corrected chi connectivity index (χ2v) is 9.44. The van der Waals surface area contributed by atoms with Crippen LogP contribution in [0.25, 0.3) is 22.6 Å². The Hall–Kier alpha value is -2.77. The van der Waals surface area contributed by atoms with Crippen molar-refractivity contribution in [3.63, 3.8) is 0 Å². The fourth-order valence-corrected chi connectivity index (χ4v) is 4.61. The summed E-state index contributed by atoms with van der Waals surface area (Å²) in [5.74, 6) is -0.762. The molecule has 3 aromatic rings. The maximum absolute atomic E-state index is 11.9. The molecule has 4 rings (SSSR count). The number of anilines is 1. The molecule has 0 unspecified atom stereocenters. The summed E-state index contributed by atoms with van der Waals surface area (Å²) in [6, 6.07) is 0.331. The van der Waals surface area contributed by atoms with Gasteiger partial charge in [0.25, 0.3) is 5.91 Å². The molecule has 0 saturated carbocycles. The average Bonchev–Trinajstić information content (AvgIpc) is 3.53. The van der Waals surface area contributed by atoms with Gasteiger partial charge in [0.2, 0.25) is 0 Å². The highest BCUT2D eigenvalue weighted by molar-refractivity contribution is 7.85. The van der Waals surface area contributed by atoms with Crippen LogP contribution in [0.5, 0.6) is 0 Å². The quantitative estimate of drug-likeness (QED) is 0.181. The first-order valence-electron chi connectivity index (χ1n) is 9.73. The number of amides is 1. The van der Waals surface area contributed by atoms with Gasteiger partial charge in [-0.15, -0.1) is 0 Å². The van der Waals surface area contributed by atoms with E-state index in [1.807, 2.05) is 10.8 Å². The minimum absolute atomic E-state index is 0.0980. The Morgan fingerprint density at radius 3 is 2.79 bits per heavy atom. The number of fused-ring (bicyclic) bond motifs is 1. The number of carbonyl (C=O) groups is 1. The van der Waals surface area contributed by atoms with Gasteiger partial charge in [-0.2, -0.15) is 19.8 Å².